The molecule has 15 heteroatoms. The molecule has 0 aliphatic heterocycles. The van der Waals surface area contributed by atoms with Gasteiger partial charge >= 0.3 is 0 Å². The number of hydrogen-bond donors (Lipinski definition) is 9. The molecule has 0 heterocycles. The van der Waals surface area contributed by atoms with Crippen molar-refractivity contribution in [3.63, 3.8) is 0 Å². The van der Waals surface area contributed by atoms with Crippen molar-refractivity contribution < 1.29 is 33.9 Å². The summed E-state index contributed by atoms with van der Waals surface area (Å²) in [7, 11) is 0. The molecule has 238 valence electrons. The zero-order chi connectivity index (χ0) is 32.6. The van der Waals surface area contributed by atoms with Gasteiger partial charge in [0.05, 0.1) is 25.0 Å². The third-order valence-electron chi connectivity index (χ3n) is 6.47. The molecule has 2 rings (SSSR count). The Hall–Kier alpha value is -5.02. The van der Waals surface area contributed by atoms with E-state index in [1.165, 1.54) is 12.1 Å². The lowest BCUT2D eigenvalue weighted by atomic mass is 10.0. The summed E-state index contributed by atoms with van der Waals surface area (Å²) in [6.07, 6.45) is 0.173. The Balaban J connectivity index is 1.99. The highest BCUT2D eigenvalue weighted by Gasteiger charge is 2.25. The second-order valence-electron chi connectivity index (χ2n) is 10.2. The summed E-state index contributed by atoms with van der Waals surface area (Å²) in [4.78, 5) is 73.4. The molecule has 0 aromatic heterocycles. The van der Waals surface area contributed by atoms with Crippen molar-refractivity contribution in [1.29, 1.82) is 0 Å². The Morgan fingerprint density at radius 3 is 1.95 bits per heavy atom. The van der Waals surface area contributed by atoms with E-state index < -0.39 is 66.2 Å². The summed E-state index contributed by atoms with van der Waals surface area (Å²) in [5, 5.41) is 19.5. The molecule has 2 aromatic rings. The minimum absolute atomic E-state index is 0.0361. The minimum Gasteiger partial charge on any atom is -0.508 e. The molecule has 0 fully saturated rings. The van der Waals surface area contributed by atoms with Crippen LogP contribution in [0.1, 0.15) is 30.4 Å². The first kappa shape index (κ1) is 35.2. The van der Waals surface area contributed by atoms with Crippen LogP contribution in [0.4, 0.5) is 0 Å². The van der Waals surface area contributed by atoms with Gasteiger partial charge in [0.15, 0.2) is 0 Å². The fraction of sp³-hybridized carbons (Fsp3) is 0.379. The normalized spacial score (nSPS) is 13.4. The van der Waals surface area contributed by atoms with Crippen LogP contribution in [0.2, 0.25) is 0 Å². The van der Waals surface area contributed by atoms with Gasteiger partial charge in [0.1, 0.15) is 17.8 Å². The number of rotatable bonds is 18. The molecule has 0 unspecified atom stereocenters. The third-order valence-corrected chi connectivity index (χ3v) is 6.47. The zero-order valence-electron chi connectivity index (χ0n) is 24.2. The van der Waals surface area contributed by atoms with Gasteiger partial charge in [0, 0.05) is 13.0 Å². The van der Waals surface area contributed by atoms with Gasteiger partial charge in [0.2, 0.25) is 35.4 Å². The molecule has 0 aliphatic carbocycles. The molecule has 0 bridgehead atoms. The van der Waals surface area contributed by atoms with Crippen molar-refractivity contribution in [1.82, 2.24) is 21.3 Å². The number of hydrogen-bond acceptors (Lipinski definition) is 9. The molecule has 13 N–H and O–H groups in total. The maximum absolute atomic E-state index is 13.0. The fourth-order valence-electron chi connectivity index (χ4n) is 4.09. The topological polar surface area (TPSA) is 275 Å². The Bertz CT molecular complexity index is 1290. The number of nitrogens with two attached hydrogens (primary N) is 4. The van der Waals surface area contributed by atoms with Crippen LogP contribution in [0.5, 0.6) is 5.75 Å². The first-order valence-corrected chi connectivity index (χ1v) is 13.9. The van der Waals surface area contributed by atoms with Crippen LogP contribution in [-0.4, -0.2) is 77.8 Å². The smallest absolute Gasteiger partial charge is 0.243 e. The van der Waals surface area contributed by atoms with Crippen LogP contribution in [0.3, 0.4) is 0 Å². The maximum atomic E-state index is 13.0. The molecule has 0 radical (unpaired) electrons. The number of carbonyl (C=O) groups excluding carboxylic acids is 6. The van der Waals surface area contributed by atoms with E-state index in [-0.39, 0.29) is 44.4 Å². The van der Waals surface area contributed by atoms with Crippen molar-refractivity contribution in [3.8, 4) is 5.75 Å². The molecule has 2 aromatic carbocycles. The summed E-state index contributed by atoms with van der Waals surface area (Å²) in [5.41, 5.74) is 23.6. The van der Waals surface area contributed by atoms with Crippen LogP contribution in [0, 0.1) is 0 Å². The maximum Gasteiger partial charge on any atom is 0.243 e. The molecule has 4 atom stereocenters. The van der Waals surface area contributed by atoms with Gasteiger partial charge in [-0.1, -0.05) is 42.5 Å². The predicted octanol–water partition coefficient (Wildman–Crippen LogP) is -2.83. The molecule has 44 heavy (non-hydrogen) atoms. The largest absolute Gasteiger partial charge is 0.508 e. The van der Waals surface area contributed by atoms with E-state index >= 15 is 0 Å². The summed E-state index contributed by atoms with van der Waals surface area (Å²) in [6.45, 7) is -0.452. The SMILES string of the molecule is NC(=O)C[C@H](N)C(=O)NCCC[C@@H](NC(=O)[C@@H](N)Cc1ccc(O)cc1)C(=O)NCC(=O)N[C@@H](Cc1ccccc1)C(N)=O. The summed E-state index contributed by atoms with van der Waals surface area (Å²) in [5.74, 6) is -4.07. The highest BCUT2D eigenvalue weighted by Crippen LogP contribution is 2.11. The van der Waals surface area contributed by atoms with Crippen molar-refractivity contribution >= 4 is 35.4 Å². The monoisotopic (exact) mass is 612 g/mol. The quantitative estimate of drug-likeness (QED) is 0.0784. The number of benzene rings is 2. The van der Waals surface area contributed by atoms with Crippen LogP contribution in [0.25, 0.3) is 0 Å². The van der Waals surface area contributed by atoms with Gasteiger partial charge in [0.25, 0.3) is 0 Å². The van der Waals surface area contributed by atoms with Crippen LogP contribution < -0.4 is 44.2 Å². The predicted molar refractivity (Wildman–Crippen MR) is 160 cm³/mol. The third kappa shape index (κ3) is 12.9. The van der Waals surface area contributed by atoms with Crippen LogP contribution in [0.15, 0.2) is 54.6 Å². The lowest BCUT2D eigenvalue weighted by molar-refractivity contribution is -0.131. The Morgan fingerprint density at radius 1 is 0.705 bits per heavy atom. The van der Waals surface area contributed by atoms with E-state index in [1.54, 1.807) is 42.5 Å². The Morgan fingerprint density at radius 2 is 1.34 bits per heavy atom. The molecular formula is C29H40N8O7. The van der Waals surface area contributed by atoms with Crippen LogP contribution in [-0.2, 0) is 41.6 Å². The molecular weight excluding hydrogens is 572 g/mol. The number of phenols is 1. The van der Waals surface area contributed by atoms with Crippen molar-refractivity contribution in [2.45, 2.75) is 56.3 Å². The Kier molecular flexibility index (Phi) is 14.3. The Labute approximate surface area is 254 Å². The minimum atomic E-state index is -1.14. The second kappa shape index (κ2) is 17.8. The van der Waals surface area contributed by atoms with E-state index in [1.807, 2.05) is 0 Å². The van der Waals surface area contributed by atoms with Gasteiger partial charge in [-0.2, -0.15) is 0 Å². The standard InChI is InChI=1S/C29H40N8O7/c30-20(13-18-8-10-19(38)11-9-18)28(43)37-22(7-4-12-34-27(42)21(31)15-24(32)39)29(44)35-16-25(40)36-23(26(33)41)14-17-5-2-1-3-6-17/h1-3,5-6,8-11,20-23,38H,4,7,12-16,30-31H2,(H2,32,39)(H2,33,41)(H,34,42)(H,35,44)(H,36,40)(H,37,43)/t20-,21-,22+,23-/m0/s1. The average molecular weight is 613 g/mol. The van der Waals surface area contributed by atoms with Crippen LogP contribution >= 0.6 is 0 Å². The van der Waals surface area contributed by atoms with Crippen molar-refractivity contribution in [3.05, 3.63) is 65.7 Å². The molecule has 0 saturated carbocycles. The zero-order valence-corrected chi connectivity index (χ0v) is 24.2. The number of amides is 6. The first-order valence-electron chi connectivity index (χ1n) is 13.9. The van der Waals surface area contributed by atoms with E-state index in [0.717, 1.165) is 5.56 Å². The number of primary amides is 2. The van der Waals surface area contributed by atoms with E-state index in [2.05, 4.69) is 21.3 Å². The van der Waals surface area contributed by atoms with Gasteiger partial charge < -0.3 is 49.3 Å². The molecule has 0 aliphatic rings. The fourth-order valence-corrected chi connectivity index (χ4v) is 4.09. The highest BCUT2D eigenvalue weighted by atomic mass is 16.3. The van der Waals surface area contributed by atoms with E-state index in [9.17, 15) is 33.9 Å². The number of nitrogens with one attached hydrogen (secondary N) is 4. The number of carbonyl (C=O) groups is 6. The van der Waals surface area contributed by atoms with E-state index in [0.29, 0.717) is 5.56 Å². The summed E-state index contributed by atoms with van der Waals surface area (Å²) in [6, 6.07) is 10.7. The number of aromatic hydroxyl groups is 1. The molecule has 0 spiro atoms. The lowest BCUT2D eigenvalue weighted by Gasteiger charge is -2.21. The summed E-state index contributed by atoms with van der Waals surface area (Å²) >= 11 is 0. The van der Waals surface area contributed by atoms with Gasteiger partial charge in [-0.25, -0.2) is 0 Å². The first-order chi connectivity index (χ1) is 20.8. The van der Waals surface area contributed by atoms with Gasteiger partial charge in [-0.15, -0.1) is 0 Å². The molecule has 15 nitrogen and oxygen atoms in total. The van der Waals surface area contributed by atoms with Crippen molar-refractivity contribution in [2.75, 3.05) is 13.1 Å². The lowest BCUT2D eigenvalue weighted by Crippen LogP contribution is -2.54. The van der Waals surface area contributed by atoms with Gasteiger partial charge in [-0.3, -0.25) is 28.8 Å². The van der Waals surface area contributed by atoms with Gasteiger partial charge in [-0.05, 0) is 42.5 Å². The van der Waals surface area contributed by atoms with Crippen molar-refractivity contribution in [2.24, 2.45) is 22.9 Å². The highest BCUT2D eigenvalue weighted by molar-refractivity contribution is 5.93. The molecule has 6 amide bonds. The summed E-state index contributed by atoms with van der Waals surface area (Å²) < 4.78 is 0. The van der Waals surface area contributed by atoms with E-state index in [4.69, 9.17) is 22.9 Å². The average Bonchev–Trinajstić information content (AvgIpc) is 2.98. The number of phenolic OH excluding ortho intramolecular Hbond substituents is 1. The second-order valence-corrected chi connectivity index (χ2v) is 10.2. The molecule has 0 saturated heterocycles.